The molecular weight excluding hydrogens is 316 g/mol. The molecule has 25 heavy (non-hydrogen) atoms. The van der Waals surface area contributed by atoms with Crippen molar-refractivity contribution in [3.63, 3.8) is 0 Å². The molecule has 1 aromatic carbocycles. The van der Waals surface area contributed by atoms with E-state index in [0.717, 1.165) is 31.2 Å². The first kappa shape index (κ1) is 17.6. The Balaban J connectivity index is 1.69. The van der Waals surface area contributed by atoms with Gasteiger partial charge in [0.1, 0.15) is 5.54 Å². The summed E-state index contributed by atoms with van der Waals surface area (Å²) in [4.78, 5) is 13.9. The van der Waals surface area contributed by atoms with Gasteiger partial charge in [0.2, 0.25) is 0 Å². The predicted molar refractivity (Wildman–Crippen MR) is 96.8 cm³/mol. The largest absolute Gasteiger partial charge is 0.449 e. The Bertz CT molecular complexity index is 651. The third-order valence-electron chi connectivity index (χ3n) is 5.19. The Morgan fingerprint density at radius 1 is 1.32 bits per heavy atom. The highest BCUT2D eigenvalue weighted by molar-refractivity contribution is 5.75. The molecule has 1 unspecified atom stereocenters. The van der Waals surface area contributed by atoms with E-state index in [4.69, 9.17) is 4.74 Å². The van der Waals surface area contributed by atoms with Crippen LogP contribution in [-0.2, 0) is 10.3 Å². The molecule has 1 saturated heterocycles. The van der Waals surface area contributed by atoms with Crippen LogP contribution in [0.3, 0.4) is 0 Å². The van der Waals surface area contributed by atoms with Crippen LogP contribution in [0.5, 0.6) is 0 Å². The van der Waals surface area contributed by atoms with Crippen molar-refractivity contribution in [1.29, 1.82) is 0 Å². The van der Waals surface area contributed by atoms with Crippen molar-refractivity contribution in [2.75, 3.05) is 19.7 Å². The lowest BCUT2D eigenvalue weighted by molar-refractivity contribution is 0.0812. The third kappa shape index (κ3) is 3.57. The minimum atomic E-state index is -0.496. The molecule has 1 atom stereocenters. The van der Waals surface area contributed by atoms with Crippen LogP contribution >= 0.6 is 0 Å². The summed E-state index contributed by atoms with van der Waals surface area (Å²) in [5.41, 5.74) is 1.85. The van der Waals surface area contributed by atoms with Gasteiger partial charge in [0.05, 0.1) is 12.8 Å². The highest BCUT2D eigenvalue weighted by Crippen LogP contribution is 2.42. The van der Waals surface area contributed by atoms with Gasteiger partial charge in [-0.1, -0.05) is 37.6 Å². The van der Waals surface area contributed by atoms with Gasteiger partial charge in [0, 0.05) is 13.1 Å². The summed E-state index contributed by atoms with van der Waals surface area (Å²) in [5, 5.41) is 12.5. The molecule has 0 bridgehead atoms. The summed E-state index contributed by atoms with van der Waals surface area (Å²) in [5.74, 6) is 0.281. The van der Waals surface area contributed by atoms with E-state index in [-0.39, 0.29) is 12.0 Å². The molecule has 2 aliphatic heterocycles. The van der Waals surface area contributed by atoms with Crippen molar-refractivity contribution in [2.24, 2.45) is 21.4 Å². The van der Waals surface area contributed by atoms with Crippen molar-refractivity contribution in [2.45, 2.75) is 45.1 Å². The fourth-order valence-corrected chi connectivity index (χ4v) is 3.69. The molecule has 1 fully saturated rings. The van der Waals surface area contributed by atoms with E-state index in [2.05, 4.69) is 41.4 Å². The fourth-order valence-electron chi connectivity index (χ4n) is 3.69. The van der Waals surface area contributed by atoms with Crippen LogP contribution in [0.15, 0.2) is 39.7 Å². The number of likely N-dealkylation sites (tertiary alicyclic amines) is 1. The number of aryl methyl sites for hydroxylation is 1. The molecule has 1 amide bonds. The normalized spacial score (nSPS) is 23.2. The van der Waals surface area contributed by atoms with Crippen molar-refractivity contribution in [3.05, 3.63) is 35.4 Å². The van der Waals surface area contributed by atoms with Gasteiger partial charge in [-0.15, -0.1) is 5.10 Å². The molecule has 0 aliphatic carbocycles. The van der Waals surface area contributed by atoms with Crippen molar-refractivity contribution in [1.82, 2.24) is 4.90 Å². The second-order valence-electron chi connectivity index (χ2n) is 6.80. The molecule has 0 radical (unpaired) electrons. The van der Waals surface area contributed by atoms with Crippen molar-refractivity contribution < 1.29 is 9.53 Å². The minimum absolute atomic E-state index is 0.196. The van der Waals surface area contributed by atoms with Gasteiger partial charge in [-0.3, -0.25) is 0 Å². The first-order valence-corrected chi connectivity index (χ1v) is 9.11. The number of carbonyl (C=O) groups excluding carboxylic acids is 1. The summed E-state index contributed by atoms with van der Waals surface area (Å²) >= 11 is 0. The third-order valence-corrected chi connectivity index (χ3v) is 5.19. The van der Waals surface area contributed by atoms with Gasteiger partial charge < -0.3 is 9.64 Å². The van der Waals surface area contributed by atoms with E-state index in [9.17, 15) is 4.79 Å². The van der Waals surface area contributed by atoms with Crippen molar-refractivity contribution in [3.8, 4) is 0 Å². The molecule has 6 nitrogen and oxygen atoms in total. The summed E-state index contributed by atoms with van der Waals surface area (Å²) < 4.78 is 5.33. The van der Waals surface area contributed by atoms with E-state index in [1.807, 2.05) is 18.3 Å². The van der Waals surface area contributed by atoms with Crippen LogP contribution in [0, 0.1) is 12.8 Å². The van der Waals surface area contributed by atoms with E-state index in [1.165, 1.54) is 5.56 Å². The number of rotatable bonds is 5. The Hall–Kier alpha value is -2.24. The smallest absolute Gasteiger partial charge is 0.409 e. The first-order valence-electron chi connectivity index (χ1n) is 9.11. The van der Waals surface area contributed by atoms with Crippen molar-refractivity contribution >= 4 is 12.3 Å². The van der Waals surface area contributed by atoms with Crippen LogP contribution in [0.1, 0.15) is 43.7 Å². The second kappa shape index (κ2) is 7.76. The first-order chi connectivity index (χ1) is 12.2. The molecule has 0 spiro atoms. The molecular formula is C19H26N4O2. The molecule has 2 heterocycles. The van der Waals surface area contributed by atoms with Gasteiger partial charge >= 0.3 is 6.09 Å². The van der Waals surface area contributed by atoms with Crippen LogP contribution in [-0.4, -0.2) is 36.9 Å². The topological polar surface area (TPSA) is 66.6 Å². The van der Waals surface area contributed by atoms with Crippen LogP contribution in [0.4, 0.5) is 4.79 Å². The van der Waals surface area contributed by atoms with Crippen LogP contribution in [0.25, 0.3) is 0 Å². The lowest BCUT2D eigenvalue weighted by Crippen LogP contribution is -2.45. The predicted octanol–water partition coefficient (Wildman–Crippen LogP) is 4.29. The average Bonchev–Trinajstić information content (AvgIpc) is 3.13. The number of amides is 1. The van der Waals surface area contributed by atoms with Gasteiger partial charge in [0.15, 0.2) is 0 Å². The Labute approximate surface area is 149 Å². The number of nitrogens with zero attached hydrogens (tertiary/aromatic N) is 4. The van der Waals surface area contributed by atoms with Gasteiger partial charge in [-0.2, -0.15) is 5.11 Å². The zero-order chi connectivity index (χ0) is 17.7. The SMILES string of the molecule is CCCCOC(=O)N1CCC(C2(c3ccccc3C)C=NN=N2)CC1. The Morgan fingerprint density at radius 3 is 2.72 bits per heavy atom. The number of carbonyl (C=O) groups is 1. The quantitative estimate of drug-likeness (QED) is 0.749. The lowest BCUT2D eigenvalue weighted by Gasteiger charge is -2.38. The lowest BCUT2D eigenvalue weighted by atomic mass is 9.73. The maximum atomic E-state index is 12.1. The zero-order valence-electron chi connectivity index (χ0n) is 15.0. The fraction of sp³-hybridized carbons (Fsp3) is 0.579. The molecule has 0 aromatic heterocycles. The van der Waals surface area contributed by atoms with E-state index < -0.39 is 5.54 Å². The van der Waals surface area contributed by atoms with Crippen LogP contribution in [0.2, 0.25) is 0 Å². The highest BCUT2D eigenvalue weighted by Gasteiger charge is 2.44. The highest BCUT2D eigenvalue weighted by atomic mass is 16.6. The van der Waals surface area contributed by atoms with Gasteiger partial charge in [0.25, 0.3) is 0 Å². The summed E-state index contributed by atoms with van der Waals surface area (Å²) in [6.07, 6.45) is 5.34. The van der Waals surface area contributed by atoms with Crippen LogP contribution < -0.4 is 0 Å². The van der Waals surface area contributed by atoms with Gasteiger partial charge in [-0.25, -0.2) is 4.79 Å². The summed E-state index contributed by atoms with van der Waals surface area (Å²) in [7, 11) is 0. The van der Waals surface area contributed by atoms with E-state index >= 15 is 0 Å². The molecule has 0 N–H and O–H groups in total. The molecule has 6 heteroatoms. The summed E-state index contributed by atoms with van der Waals surface area (Å²) in [6, 6.07) is 8.27. The monoisotopic (exact) mass is 342 g/mol. The Morgan fingerprint density at radius 2 is 2.08 bits per heavy atom. The van der Waals surface area contributed by atoms with E-state index in [0.29, 0.717) is 19.7 Å². The minimum Gasteiger partial charge on any atom is -0.449 e. The van der Waals surface area contributed by atoms with Gasteiger partial charge in [-0.05, 0) is 48.5 Å². The zero-order valence-corrected chi connectivity index (χ0v) is 15.0. The molecule has 1 aromatic rings. The number of hydrogen-bond acceptors (Lipinski definition) is 5. The molecule has 134 valence electrons. The number of hydrogen-bond donors (Lipinski definition) is 0. The number of unbranched alkanes of at least 4 members (excludes halogenated alkanes) is 1. The average molecular weight is 342 g/mol. The molecule has 2 aliphatic rings. The second-order valence-corrected chi connectivity index (χ2v) is 6.80. The Kier molecular flexibility index (Phi) is 5.46. The number of piperidine rings is 1. The standard InChI is InChI=1S/C19H26N4O2/c1-3-4-13-25-18(24)23-11-9-16(10-12-23)19(14-20-22-21-19)17-8-6-5-7-15(17)2/h5-8,14,16H,3-4,9-13H2,1-2H3. The number of benzene rings is 1. The molecule has 3 rings (SSSR count). The number of ether oxygens (including phenoxy) is 1. The molecule has 0 saturated carbocycles. The maximum Gasteiger partial charge on any atom is 0.409 e. The summed E-state index contributed by atoms with van der Waals surface area (Å²) in [6.45, 7) is 6.06. The maximum absolute atomic E-state index is 12.1. The van der Waals surface area contributed by atoms with E-state index in [1.54, 1.807) is 4.90 Å².